The molecule has 0 atom stereocenters. The number of carbonyl (C=O) groups is 3. The molecule has 0 aromatic carbocycles. The molecule has 0 spiro atoms. The Morgan fingerprint density at radius 2 is 0.595 bits per heavy atom. The molecule has 0 aliphatic heterocycles. The Morgan fingerprint density at radius 3 is 0.676 bits per heavy atom. The summed E-state index contributed by atoms with van der Waals surface area (Å²) in [6.45, 7) is 18.1. The Hall–Kier alpha value is -0.239. The van der Waals surface area contributed by atoms with E-state index in [2.05, 4.69) is 20.8 Å². The summed E-state index contributed by atoms with van der Waals surface area (Å²) >= 11 is 0. The van der Waals surface area contributed by atoms with Gasteiger partial charge in [0.2, 0.25) is 0 Å². The van der Waals surface area contributed by atoms with Crippen molar-refractivity contribution in [3.63, 3.8) is 0 Å². The molecule has 0 aliphatic rings. The monoisotopic (exact) mass is 658 g/mol. The van der Waals surface area contributed by atoms with Crippen LogP contribution in [0.25, 0.3) is 0 Å². The first-order valence-corrected chi connectivity index (χ1v) is 14.6. The first-order valence-electron chi connectivity index (χ1n) is 14.6. The predicted octanol–water partition coefficient (Wildman–Crippen LogP) is 9.20. The summed E-state index contributed by atoms with van der Waals surface area (Å²) in [6.07, 6.45) is 13.3. The fourth-order valence-electron chi connectivity index (χ4n) is 4.58. The number of aliphatic carboxylic acids is 3. The van der Waals surface area contributed by atoms with Crippen LogP contribution in [-0.4, -0.2) is 33.2 Å². The van der Waals surface area contributed by atoms with Gasteiger partial charge in [0.05, 0.1) is 16.2 Å². The predicted molar refractivity (Wildman–Crippen MR) is 151 cm³/mol. The summed E-state index contributed by atoms with van der Waals surface area (Å²) in [4.78, 5) is 33.0. The van der Waals surface area contributed by atoms with Crippen LogP contribution in [0.15, 0.2) is 0 Å². The summed E-state index contributed by atoms with van der Waals surface area (Å²) in [7, 11) is 0. The molecule has 0 saturated heterocycles. The number of carboxylic acids is 3. The zero-order chi connectivity index (χ0) is 28.8. The van der Waals surface area contributed by atoms with E-state index in [1.807, 2.05) is 41.5 Å². The second-order valence-corrected chi connectivity index (χ2v) is 10.2. The summed E-state index contributed by atoms with van der Waals surface area (Å²) in [5.41, 5.74) is -1.35. The summed E-state index contributed by atoms with van der Waals surface area (Å²) in [5.74, 6) is -1.87. The molecular formula is C30H60NdO6. The molecule has 0 heterocycles. The molecule has 3 N–H and O–H groups in total. The summed E-state index contributed by atoms with van der Waals surface area (Å²) < 4.78 is 0. The van der Waals surface area contributed by atoms with Gasteiger partial charge in [0, 0.05) is 40.8 Å². The van der Waals surface area contributed by atoms with Crippen molar-refractivity contribution in [2.75, 3.05) is 0 Å². The van der Waals surface area contributed by atoms with Gasteiger partial charge in [0.15, 0.2) is 0 Å². The maximum atomic E-state index is 11.0. The molecule has 7 heteroatoms. The zero-order valence-corrected chi connectivity index (χ0v) is 28.9. The van der Waals surface area contributed by atoms with Crippen molar-refractivity contribution in [3.05, 3.63) is 0 Å². The van der Waals surface area contributed by atoms with Gasteiger partial charge in [-0.3, -0.25) is 14.4 Å². The van der Waals surface area contributed by atoms with Crippen molar-refractivity contribution in [2.24, 2.45) is 16.2 Å². The average molecular weight is 661 g/mol. The fraction of sp³-hybridized carbons (Fsp3) is 0.900. The van der Waals surface area contributed by atoms with Crippen molar-refractivity contribution in [2.45, 2.75) is 159 Å². The van der Waals surface area contributed by atoms with Crippen LogP contribution in [0.1, 0.15) is 159 Å². The molecule has 0 aromatic rings. The Bertz CT molecular complexity index is 498. The third-order valence-electron chi connectivity index (χ3n) is 8.45. The van der Waals surface area contributed by atoms with Crippen LogP contribution in [0.3, 0.4) is 0 Å². The minimum absolute atomic E-state index is 0. The first-order chi connectivity index (χ1) is 16.9. The smallest absolute Gasteiger partial charge is 0.309 e. The van der Waals surface area contributed by atoms with Gasteiger partial charge in [-0.25, -0.2) is 0 Å². The zero-order valence-electron chi connectivity index (χ0n) is 25.7. The summed E-state index contributed by atoms with van der Waals surface area (Å²) in [6, 6.07) is 0. The Kier molecular flexibility index (Phi) is 29.3. The Balaban J connectivity index is -0.000000218. The fourth-order valence-corrected chi connectivity index (χ4v) is 4.58. The topological polar surface area (TPSA) is 112 Å². The molecule has 0 radical (unpaired) electrons. The molecule has 0 aromatic heterocycles. The van der Waals surface area contributed by atoms with Crippen molar-refractivity contribution in [1.29, 1.82) is 0 Å². The quantitative estimate of drug-likeness (QED) is 0.135. The molecule has 0 saturated carbocycles. The second-order valence-electron chi connectivity index (χ2n) is 10.2. The molecule has 0 unspecified atom stereocenters. The van der Waals surface area contributed by atoms with Crippen LogP contribution in [-0.2, 0) is 14.4 Å². The Morgan fingerprint density at radius 1 is 0.432 bits per heavy atom. The molecule has 0 fully saturated rings. The van der Waals surface area contributed by atoms with E-state index in [-0.39, 0.29) is 40.8 Å². The standard InChI is InChI=1S/3C10H20O2.Nd/c3*1-4-7-8-10(5-2,6-3)9(11)12;/h3*4-8H2,1-3H3,(H,11,12);. The number of rotatable bonds is 18. The minimum atomic E-state index is -0.624. The van der Waals surface area contributed by atoms with Gasteiger partial charge in [-0.15, -0.1) is 0 Å². The van der Waals surface area contributed by atoms with Crippen molar-refractivity contribution < 1.29 is 70.5 Å². The van der Waals surface area contributed by atoms with Crippen LogP contribution in [0, 0.1) is 57.1 Å². The molecule has 0 bridgehead atoms. The van der Waals surface area contributed by atoms with Gasteiger partial charge in [-0.05, 0) is 57.8 Å². The van der Waals surface area contributed by atoms with E-state index in [0.717, 1.165) is 96.3 Å². The molecule has 37 heavy (non-hydrogen) atoms. The summed E-state index contributed by atoms with van der Waals surface area (Å²) in [5, 5.41) is 27.2. The number of hydrogen-bond donors (Lipinski definition) is 3. The van der Waals surface area contributed by atoms with Crippen LogP contribution in [0.2, 0.25) is 0 Å². The van der Waals surface area contributed by atoms with E-state index in [1.54, 1.807) is 0 Å². The first kappa shape index (κ1) is 43.8. The largest absolute Gasteiger partial charge is 0.481 e. The molecule has 0 rings (SSSR count). The van der Waals surface area contributed by atoms with E-state index in [0.29, 0.717) is 0 Å². The molecule has 0 amide bonds. The van der Waals surface area contributed by atoms with Crippen molar-refractivity contribution in [3.8, 4) is 0 Å². The van der Waals surface area contributed by atoms with Crippen LogP contribution in [0.5, 0.6) is 0 Å². The van der Waals surface area contributed by atoms with Crippen LogP contribution >= 0.6 is 0 Å². The number of hydrogen-bond acceptors (Lipinski definition) is 3. The van der Waals surface area contributed by atoms with Gasteiger partial charge in [0.1, 0.15) is 0 Å². The van der Waals surface area contributed by atoms with E-state index < -0.39 is 34.2 Å². The number of carboxylic acid groups (broad SMARTS) is 3. The molecule has 0 aliphatic carbocycles. The second kappa shape index (κ2) is 24.8. The molecular weight excluding hydrogens is 601 g/mol. The van der Waals surface area contributed by atoms with Gasteiger partial charge >= 0.3 is 17.9 Å². The number of unbranched alkanes of at least 4 members (excludes halogenated alkanes) is 3. The van der Waals surface area contributed by atoms with E-state index in [1.165, 1.54) is 0 Å². The van der Waals surface area contributed by atoms with Gasteiger partial charge in [0.25, 0.3) is 0 Å². The average Bonchev–Trinajstić information content (AvgIpc) is 2.87. The maximum absolute atomic E-state index is 11.0. The van der Waals surface area contributed by atoms with Gasteiger partial charge in [-0.1, -0.05) is 101 Å². The van der Waals surface area contributed by atoms with Gasteiger partial charge in [-0.2, -0.15) is 0 Å². The normalized spacial score (nSPS) is 11.3. The van der Waals surface area contributed by atoms with Crippen LogP contribution in [0.4, 0.5) is 0 Å². The van der Waals surface area contributed by atoms with Crippen molar-refractivity contribution in [1.82, 2.24) is 0 Å². The Labute approximate surface area is 261 Å². The SMILES string of the molecule is CCCCC(CC)(CC)C(=O)O.CCCCC(CC)(CC)C(=O)O.CCCCC(CC)(CC)C(=O)O.[Nd]. The van der Waals surface area contributed by atoms with Crippen molar-refractivity contribution >= 4 is 17.9 Å². The van der Waals surface area contributed by atoms with E-state index in [9.17, 15) is 14.4 Å². The molecule has 6 nitrogen and oxygen atoms in total. The molecule has 220 valence electrons. The maximum Gasteiger partial charge on any atom is 0.309 e. The van der Waals surface area contributed by atoms with E-state index >= 15 is 0 Å². The van der Waals surface area contributed by atoms with Crippen LogP contribution < -0.4 is 0 Å². The third kappa shape index (κ3) is 15.8. The third-order valence-corrected chi connectivity index (χ3v) is 8.45. The van der Waals surface area contributed by atoms with E-state index in [4.69, 9.17) is 15.3 Å². The van der Waals surface area contributed by atoms with Gasteiger partial charge < -0.3 is 15.3 Å². The minimum Gasteiger partial charge on any atom is -0.481 e.